The molecule has 2 amide bonds. The van der Waals surface area contributed by atoms with Crippen LogP contribution in [0, 0.1) is 0 Å². The van der Waals surface area contributed by atoms with Crippen LogP contribution in [0.25, 0.3) is 0 Å². The molecule has 0 saturated heterocycles. The SMILES string of the molecule is COc1cc(C(C)=NNC(=O)C(=O)Nc2ccc(Br)cc2)ccc1OC(=O)c1ccccc1Br. The van der Waals surface area contributed by atoms with Crippen LogP contribution in [-0.2, 0) is 9.59 Å². The Kier molecular flexibility index (Phi) is 8.55. The van der Waals surface area contributed by atoms with Gasteiger partial charge in [-0.05, 0) is 77.5 Å². The molecule has 0 aliphatic heterocycles. The number of anilines is 1. The number of carbonyl (C=O) groups excluding carboxylic acids is 3. The Morgan fingerprint density at radius 3 is 2.26 bits per heavy atom. The first kappa shape index (κ1) is 25.1. The molecule has 34 heavy (non-hydrogen) atoms. The number of benzene rings is 3. The van der Waals surface area contributed by atoms with Gasteiger partial charge >= 0.3 is 17.8 Å². The lowest BCUT2D eigenvalue weighted by molar-refractivity contribution is -0.136. The Hall–Kier alpha value is -3.50. The average molecular weight is 589 g/mol. The van der Waals surface area contributed by atoms with E-state index in [4.69, 9.17) is 9.47 Å². The van der Waals surface area contributed by atoms with Crippen LogP contribution in [0.4, 0.5) is 5.69 Å². The maximum atomic E-state index is 12.5. The monoisotopic (exact) mass is 587 g/mol. The fourth-order valence-electron chi connectivity index (χ4n) is 2.73. The number of hydrazone groups is 1. The molecule has 0 aliphatic carbocycles. The fourth-order valence-corrected chi connectivity index (χ4v) is 3.44. The molecule has 0 saturated carbocycles. The molecule has 0 aromatic heterocycles. The fraction of sp³-hybridized carbons (Fsp3) is 0.0833. The zero-order valence-electron chi connectivity index (χ0n) is 18.1. The summed E-state index contributed by atoms with van der Waals surface area (Å²) in [4.78, 5) is 36.6. The van der Waals surface area contributed by atoms with Gasteiger partial charge in [-0.1, -0.05) is 28.1 Å². The number of esters is 1. The van der Waals surface area contributed by atoms with E-state index >= 15 is 0 Å². The van der Waals surface area contributed by atoms with E-state index in [1.807, 2.05) is 0 Å². The smallest absolute Gasteiger partial charge is 0.344 e. The van der Waals surface area contributed by atoms with Crippen molar-refractivity contribution in [1.29, 1.82) is 0 Å². The molecule has 0 fully saturated rings. The summed E-state index contributed by atoms with van der Waals surface area (Å²) >= 11 is 6.62. The van der Waals surface area contributed by atoms with Gasteiger partial charge in [-0.2, -0.15) is 5.10 Å². The molecule has 8 nitrogen and oxygen atoms in total. The second-order valence-corrected chi connectivity index (χ2v) is 8.60. The third-order valence-corrected chi connectivity index (χ3v) is 5.73. The van der Waals surface area contributed by atoms with E-state index in [1.165, 1.54) is 7.11 Å². The minimum Gasteiger partial charge on any atom is -0.493 e. The summed E-state index contributed by atoms with van der Waals surface area (Å²) in [5.41, 5.74) is 4.06. The van der Waals surface area contributed by atoms with Gasteiger partial charge in [0, 0.05) is 20.2 Å². The average Bonchev–Trinajstić information content (AvgIpc) is 2.84. The number of hydrogen-bond acceptors (Lipinski definition) is 6. The number of carbonyl (C=O) groups is 3. The standard InChI is InChI=1S/C24H19Br2N3O5/c1-14(28-29-23(31)22(30)27-17-10-8-16(25)9-11-17)15-7-12-20(21(13-15)33-2)34-24(32)18-5-3-4-6-19(18)26/h3-13H,1-2H3,(H,27,30)(H,29,31). The Labute approximate surface area is 212 Å². The van der Waals surface area contributed by atoms with E-state index in [9.17, 15) is 14.4 Å². The third kappa shape index (κ3) is 6.52. The summed E-state index contributed by atoms with van der Waals surface area (Å²) in [6.07, 6.45) is 0. The van der Waals surface area contributed by atoms with Crippen molar-refractivity contribution in [1.82, 2.24) is 5.43 Å². The summed E-state index contributed by atoms with van der Waals surface area (Å²) in [6, 6.07) is 18.5. The van der Waals surface area contributed by atoms with Crippen molar-refractivity contribution >= 4 is 61.0 Å². The number of hydrogen-bond donors (Lipinski definition) is 2. The van der Waals surface area contributed by atoms with Gasteiger partial charge in [0.2, 0.25) is 0 Å². The summed E-state index contributed by atoms with van der Waals surface area (Å²) < 4.78 is 12.3. The summed E-state index contributed by atoms with van der Waals surface area (Å²) in [5, 5.41) is 6.46. The molecule has 3 aromatic rings. The second kappa shape index (κ2) is 11.6. The molecular weight excluding hydrogens is 570 g/mol. The quantitative estimate of drug-likeness (QED) is 0.140. The molecule has 0 heterocycles. The van der Waals surface area contributed by atoms with Gasteiger partial charge in [0.15, 0.2) is 11.5 Å². The number of methoxy groups -OCH3 is 1. The number of halogens is 2. The Morgan fingerprint density at radius 2 is 1.59 bits per heavy atom. The van der Waals surface area contributed by atoms with Crippen LogP contribution in [-0.4, -0.2) is 30.6 Å². The minimum atomic E-state index is -0.923. The molecule has 10 heteroatoms. The lowest BCUT2D eigenvalue weighted by atomic mass is 10.1. The van der Waals surface area contributed by atoms with Crippen LogP contribution in [0.5, 0.6) is 11.5 Å². The van der Waals surface area contributed by atoms with Crippen LogP contribution in [0.15, 0.2) is 80.8 Å². The van der Waals surface area contributed by atoms with Crippen molar-refractivity contribution in [2.24, 2.45) is 5.10 Å². The van der Waals surface area contributed by atoms with E-state index in [1.54, 1.807) is 73.7 Å². The van der Waals surface area contributed by atoms with E-state index in [0.29, 0.717) is 32.7 Å². The van der Waals surface area contributed by atoms with Crippen molar-refractivity contribution in [3.63, 3.8) is 0 Å². The molecule has 2 N–H and O–H groups in total. The van der Waals surface area contributed by atoms with Gasteiger partial charge in [0.25, 0.3) is 0 Å². The highest BCUT2D eigenvalue weighted by Gasteiger charge is 2.17. The van der Waals surface area contributed by atoms with Crippen LogP contribution >= 0.6 is 31.9 Å². The molecule has 0 spiro atoms. The maximum Gasteiger partial charge on any atom is 0.344 e. The topological polar surface area (TPSA) is 106 Å². The van der Waals surface area contributed by atoms with E-state index in [-0.39, 0.29) is 5.75 Å². The predicted octanol–water partition coefficient (Wildman–Crippen LogP) is 4.92. The highest BCUT2D eigenvalue weighted by Crippen LogP contribution is 2.30. The van der Waals surface area contributed by atoms with Gasteiger partial charge in [0.1, 0.15) is 0 Å². The highest BCUT2D eigenvalue weighted by atomic mass is 79.9. The number of ether oxygens (including phenoxy) is 2. The van der Waals surface area contributed by atoms with Gasteiger partial charge in [-0.3, -0.25) is 9.59 Å². The summed E-state index contributed by atoms with van der Waals surface area (Å²) in [5.74, 6) is -1.81. The van der Waals surface area contributed by atoms with Crippen molar-refractivity contribution < 1.29 is 23.9 Å². The molecule has 0 radical (unpaired) electrons. The Bertz CT molecular complexity index is 1260. The Balaban J connectivity index is 1.67. The number of nitrogens with one attached hydrogen (secondary N) is 2. The molecule has 0 unspecified atom stereocenters. The first-order valence-corrected chi connectivity index (χ1v) is 11.4. The summed E-state index contributed by atoms with van der Waals surface area (Å²) in [7, 11) is 1.44. The van der Waals surface area contributed by atoms with Crippen molar-refractivity contribution in [3.05, 3.63) is 86.8 Å². The maximum absolute atomic E-state index is 12.5. The molecule has 0 bridgehead atoms. The summed E-state index contributed by atoms with van der Waals surface area (Å²) in [6.45, 7) is 1.65. The van der Waals surface area contributed by atoms with E-state index in [0.717, 1.165) is 4.47 Å². The second-order valence-electron chi connectivity index (χ2n) is 6.83. The molecule has 3 rings (SSSR count). The van der Waals surface area contributed by atoms with Crippen LogP contribution < -0.4 is 20.2 Å². The largest absolute Gasteiger partial charge is 0.493 e. The first-order valence-electron chi connectivity index (χ1n) is 9.84. The van der Waals surface area contributed by atoms with E-state index in [2.05, 4.69) is 47.7 Å². The van der Waals surface area contributed by atoms with Crippen molar-refractivity contribution in [2.75, 3.05) is 12.4 Å². The lowest BCUT2D eigenvalue weighted by Gasteiger charge is -2.12. The number of amides is 2. The normalized spacial score (nSPS) is 10.9. The van der Waals surface area contributed by atoms with Crippen LogP contribution in [0.3, 0.4) is 0 Å². The molecule has 0 aliphatic rings. The van der Waals surface area contributed by atoms with Crippen molar-refractivity contribution in [2.45, 2.75) is 6.92 Å². The first-order chi connectivity index (χ1) is 16.3. The zero-order valence-corrected chi connectivity index (χ0v) is 21.3. The number of rotatable bonds is 6. The molecule has 174 valence electrons. The van der Waals surface area contributed by atoms with Gasteiger partial charge in [-0.15, -0.1) is 0 Å². The lowest BCUT2D eigenvalue weighted by Crippen LogP contribution is -2.32. The van der Waals surface area contributed by atoms with Crippen molar-refractivity contribution in [3.8, 4) is 11.5 Å². The highest BCUT2D eigenvalue weighted by molar-refractivity contribution is 9.10. The third-order valence-electron chi connectivity index (χ3n) is 4.51. The molecule has 3 aromatic carbocycles. The van der Waals surface area contributed by atoms with Crippen LogP contribution in [0.2, 0.25) is 0 Å². The van der Waals surface area contributed by atoms with Gasteiger partial charge in [-0.25, -0.2) is 10.2 Å². The predicted molar refractivity (Wildman–Crippen MR) is 135 cm³/mol. The minimum absolute atomic E-state index is 0.220. The zero-order chi connectivity index (χ0) is 24.7. The van der Waals surface area contributed by atoms with E-state index < -0.39 is 17.8 Å². The van der Waals surface area contributed by atoms with Crippen LogP contribution in [0.1, 0.15) is 22.8 Å². The Morgan fingerprint density at radius 1 is 0.882 bits per heavy atom. The number of nitrogens with zero attached hydrogens (tertiary/aromatic N) is 1. The molecular formula is C24H19Br2N3O5. The van der Waals surface area contributed by atoms with Gasteiger partial charge in [0.05, 0.1) is 18.4 Å². The van der Waals surface area contributed by atoms with Gasteiger partial charge < -0.3 is 14.8 Å². The molecule has 0 atom stereocenters.